The van der Waals surface area contributed by atoms with E-state index >= 15 is 0 Å². The first kappa shape index (κ1) is 14.9. The molecule has 0 aromatic carbocycles. The Labute approximate surface area is 129 Å². The summed E-state index contributed by atoms with van der Waals surface area (Å²) in [4.78, 5) is 18.4. The van der Waals surface area contributed by atoms with Crippen molar-refractivity contribution in [2.45, 2.75) is 5.09 Å². The van der Waals surface area contributed by atoms with Crippen LogP contribution in [-0.4, -0.2) is 29.5 Å². The summed E-state index contributed by atoms with van der Waals surface area (Å²) >= 11 is 6.12. The van der Waals surface area contributed by atoms with E-state index in [-0.39, 0.29) is 10.4 Å². The molecule has 2 heterocycles. The summed E-state index contributed by atoms with van der Waals surface area (Å²) in [6, 6.07) is 2.07. The van der Waals surface area contributed by atoms with Gasteiger partial charge in [0.25, 0.3) is 10.0 Å². The van der Waals surface area contributed by atoms with Crippen LogP contribution in [0.2, 0.25) is 0 Å². The largest absolute Gasteiger partial charge is 0.475 e. The molecule has 0 spiro atoms. The lowest BCUT2D eigenvalue weighted by atomic mass is 10.5. The number of nitrogens with one attached hydrogen (secondary N) is 1. The fourth-order valence-corrected chi connectivity index (χ4v) is 3.16. The Hall–Kier alpha value is -1.46. The number of carboxylic acid groups (broad SMARTS) is 1. The fraction of sp³-hybridized carbons (Fsp3) is 0. The molecular formula is C9H5Br2N3O5S. The summed E-state index contributed by atoms with van der Waals surface area (Å²) in [7, 11) is -4.09. The highest BCUT2D eigenvalue weighted by atomic mass is 79.9. The van der Waals surface area contributed by atoms with Crippen molar-refractivity contribution in [3.05, 3.63) is 33.3 Å². The molecule has 0 unspecified atom stereocenters. The molecule has 0 aliphatic carbocycles. The van der Waals surface area contributed by atoms with Crippen LogP contribution < -0.4 is 4.72 Å². The molecule has 0 saturated heterocycles. The van der Waals surface area contributed by atoms with Gasteiger partial charge in [-0.1, -0.05) is 0 Å². The molecule has 0 saturated carbocycles. The summed E-state index contributed by atoms with van der Waals surface area (Å²) in [5.41, 5.74) is 0. The third-order valence-electron chi connectivity index (χ3n) is 1.99. The number of anilines is 1. The van der Waals surface area contributed by atoms with E-state index in [4.69, 9.17) is 9.52 Å². The quantitative estimate of drug-likeness (QED) is 0.767. The molecule has 2 N–H and O–H groups in total. The molecule has 20 heavy (non-hydrogen) atoms. The minimum absolute atomic E-state index is 0.0542. The Bertz CT molecular complexity index is 774. The molecule has 106 valence electrons. The predicted octanol–water partition coefficient (Wildman–Crippen LogP) is 2.09. The van der Waals surface area contributed by atoms with Crippen LogP contribution in [0.1, 0.15) is 10.6 Å². The van der Waals surface area contributed by atoms with E-state index in [0.29, 0.717) is 4.60 Å². The van der Waals surface area contributed by atoms with Crippen LogP contribution in [0.4, 0.5) is 5.82 Å². The van der Waals surface area contributed by atoms with E-state index < -0.39 is 26.8 Å². The third kappa shape index (κ3) is 3.16. The highest BCUT2D eigenvalue weighted by molar-refractivity contribution is 9.11. The van der Waals surface area contributed by atoms with Gasteiger partial charge in [-0.05, 0) is 44.0 Å². The molecule has 8 nitrogen and oxygen atoms in total. The number of halogens is 2. The molecule has 2 aromatic heterocycles. The normalized spacial score (nSPS) is 11.3. The molecule has 0 fully saturated rings. The highest BCUT2D eigenvalue weighted by Crippen LogP contribution is 2.23. The van der Waals surface area contributed by atoms with E-state index in [1.807, 2.05) is 0 Å². The van der Waals surface area contributed by atoms with Gasteiger partial charge < -0.3 is 9.52 Å². The minimum Gasteiger partial charge on any atom is -0.475 e. The van der Waals surface area contributed by atoms with Crippen LogP contribution in [-0.2, 0) is 10.0 Å². The molecule has 0 aliphatic heterocycles. The van der Waals surface area contributed by atoms with Crippen molar-refractivity contribution in [2.75, 3.05) is 4.72 Å². The number of rotatable bonds is 4. The highest BCUT2D eigenvalue weighted by Gasteiger charge is 2.22. The van der Waals surface area contributed by atoms with Crippen LogP contribution in [0, 0.1) is 0 Å². The average molecular weight is 427 g/mol. The van der Waals surface area contributed by atoms with Gasteiger partial charge in [0.1, 0.15) is 4.60 Å². The van der Waals surface area contributed by atoms with Crippen molar-refractivity contribution in [2.24, 2.45) is 0 Å². The van der Waals surface area contributed by atoms with Crippen molar-refractivity contribution in [1.82, 2.24) is 9.97 Å². The summed E-state index contributed by atoms with van der Waals surface area (Å²) in [5, 5.41) is 8.15. The van der Waals surface area contributed by atoms with E-state index in [9.17, 15) is 13.2 Å². The first-order valence-corrected chi connectivity index (χ1v) is 7.90. The minimum atomic E-state index is -4.09. The number of sulfonamides is 1. The van der Waals surface area contributed by atoms with Gasteiger partial charge in [-0.15, -0.1) is 0 Å². The van der Waals surface area contributed by atoms with Crippen molar-refractivity contribution in [1.29, 1.82) is 0 Å². The zero-order chi connectivity index (χ0) is 14.9. The molecule has 0 atom stereocenters. The van der Waals surface area contributed by atoms with Crippen LogP contribution in [0.5, 0.6) is 0 Å². The monoisotopic (exact) mass is 425 g/mol. The molecule has 2 aromatic rings. The Morgan fingerprint density at radius 1 is 1.35 bits per heavy atom. The van der Waals surface area contributed by atoms with Gasteiger partial charge in [-0.2, -0.15) is 8.42 Å². The summed E-state index contributed by atoms with van der Waals surface area (Å²) < 4.78 is 31.4. The van der Waals surface area contributed by atoms with E-state index in [2.05, 4.69) is 46.5 Å². The van der Waals surface area contributed by atoms with Crippen molar-refractivity contribution < 1.29 is 22.7 Å². The third-order valence-corrected chi connectivity index (χ3v) is 4.13. The second kappa shape index (κ2) is 5.50. The number of nitrogens with zero attached hydrogens (tertiary/aromatic N) is 2. The molecule has 0 aliphatic rings. The van der Waals surface area contributed by atoms with Crippen LogP contribution >= 0.6 is 31.9 Å². The number of hydrogen-bond donors (Lipinski definition) is 2. The Kier molecular flexibility index (Phi) is 4.11. The zero-order valence-electron chi connectivity index (χ0n) is 9.37. The Balaban J connectivity index is 2.33. The fourth-order valence-electron chi connectivity index (χ4n) is 1.17. The second-order valence-corrected chi connectivity index (χ2v) is 6.54. The van der Waals surface area contributed by atoms with Gasteiger partial charge in [0.15, 0.2) is 10.4 Å². The topological polar surface area (TPSA) is 122 Å². The van der Waals surface area contributed by atoms with Crippen molar-refractivity contribution in [3.63, 3.8) is 0 Å². The molecule has 0 amide bonds. The lowest BCUT2D eigenvalue weighted by Gasteiger charge is -2.06. The van der Waals surface area contributed by atoms with E-state index in [0.717, 1.165) is 12.1 Å². The first-order valence-electron chi connectivity index (χ1n) is 4.83. The summed E-state index contributed by atoms with van der Waals surface area (Å²) in [5.74, 6) is -1.90. The van der Waals surface area contributed by atoms with Gasteiger partial charge in [-0.3, -0.25) is 4.72 Å². The maximum atomic E-state index is 12.0. The number of carboxylic acids is 1. The van der Waals surface area contributed by atoms with Gasteiger partial charge in [0, 0.05) is 0 Å². The predicted molar refractivity (Wildman–Crippen MR) is 73.9 cm³/mol. The standard InChI is InChI=1S/C9H5Br2N3O5S/c10-5-3-12-8(7(11)13-5)14-20(17,18)6-2-1-4(19-6)9(15)16/h1-3H,(H,12,14)(H,15,16). The van der Waals surface area contributed by atoms with Crippen molar-refractivity contribution >= 4 is 53.7 Å². The van der Waals surface area contributed by atoms with Gasteiger partial charge in [0.2, 0.25) is 10.9 Å². The molecule has 0 bridgehead atoms. The number of aromatic carboxylic acids is 1. The first-order chi connectivity index (χ1) is 9.29. The second-order valence-electron chi connectivity index (χ2n) is 3.36. The lowest BCUT2D eigenvalue weighted by molar-refractivity contribution is 0.0656. The van der Waals surface area contributed by atoms with E-state index in [1.165, 1.54) is 6.20 Å². The number of carbonyl (C=O) groups is 1. The smallest absolute Gasteiger partial charge is 0.371 e. The number of hydrogen-bond acceptors (Lipinski definition) is 6. The average Bonchev–Trinajstić information content (AvgIpc) is 2.83. The molecule has 2 rings (SSSR count). The van der Waals surface area contributed by atoms with Crippen LogP contribution in [0.25, 0.3) is 0 Å². The summed E-state index contributed by atoms with van der Waals surface area (Å²) in [6.45, 7) is 0. The maximum absolute atomic E-state index is 12.0. The number of aromatic nitrogens is 2. The van der Waals surface area contributed by atoms with Crippen LogP contribution in [0.15, 0.2) is 37.0 Å². The van der Waals surface area contributed by atoms with Gasteiger partial charge in [-0.25, -0.2) is 14.8 Å². The number of furan rings is 1. The molecule has 11 heteroatoms. The summed E-state index contributed by atoms with van der Waals surface area (Å²) in [6.07, 6.45) is 1.30. The van der Waals surface area contributed by atoms with E-state index in [1.54, 1.807) is 0 Å². The van der Waals surface area contributed by atoms with Gasteiger partial charge >= 0.3 is 5.97 Å². The zero-order valence-corrected chi connectivity index (χ0v) is 13.4. The Morgan fingerprint density at radius 3 is 2.60 bits per heavy atom. The molecule has 0 radical (unpaired) electrons. The maximum Gasteiger partial charge on any atom is 0.371 e. The lowest BCUT2D eigenvalue weighted by Crippen LogP contribution is -2.14. The van der Waals surface area contributed by atoms with Crippen molar-refractivity contribution in [3.8, 4) is 0 Å². The SMILES string of the molecule is O=C(O)c1ccc(S(=O)(=O)Nc2ncc(Br)nc2Br)o1. The Morgan fingerprint density at radius 2 is 2.05 bits per heavy atom. The van der Waals surface area contributed by atoms with Crippen LogP contribution in [0.3, 0.4) is 0 Å². The molecular weight excluding hydrogens is 422 g/mol. The van der Waals surface area contributed by atoms with Gasteiger partial charge in [0.05, 0.1) is 6.20 Å².